The molecule has 0 amide bonds. The molecule has 1 aromatic carbocycles. The Bertz CT molecular complexity index is 350. The van der Waals surface area contributed by atoms with Gasteiger partial charge < -0.3 is 5.32 Å². The van der Waals surface area contributed by atoms with Gasteiger partial charge in [0.15, 0.2) is 0 Å². The topological polar surface area (TPSA) is 12.0 Å². The van der Waals surface area contributed by atoms with Crippen molar-refractivity contribution in [2.45, 2.75) is 25.8 Å². The van der Waals surface area contributed by atoms with Crippen LogP contribution in [0.4, 0.5) is 0 Å². The van der Waals surface area contributed by atoms with Crippen molar-refractivity contribution in [3.63, 3.8) is 0 Å². The molecule has 0 aromatic heterocycles. The van der Waals surface area contributed by atoms with Gasteiger partial charge in [-0.1, -0.05) is 31.2 Å². The van der Waals surface area contributed by atoms with Crippen LogP contribution in [0.1, 0.15) is 30.5 Å². The first kappa shape index (κ1) is 10.0. The number of fused-ring (bicyclic) bond motifs is 3. The molecule has 14 heavy (non-hydrogen) atoms. The smallest absolute Gasteiger partial charge is 0.0380 e. The van der Waals surface area contributed by atoms with E-state index < -0.39 is 0 Å². The Morgan fingerprint density at radius 2 is 2.14 bits per heavy atom. The molecule has 2 aliphatic rings. The van der Waals surface area contributed by atoms with Gasteiger partial charge in [-0.15, -0.1) is 12.4 Å². The molecule has 1 aromatic rings. The molecule has 1 heterocycles. The van der Waals surface area contributed by atoms with Gasteiger partial charge >= 0.3 is 0 Å². The van der Waals surface area contributed by atoms with E-state index in [1.807, 2.05) is 0 Å². The van der Waals surface area contributed by atoms with Crippen molar-refractivity contribution in [2.75, 3.05) is 6.54 Å². The standard InChI is InChI=1S/C12H15N.ClH/c1-12-6-7-13-11(12)10-5-3-2-4-9(10)8-12;/h2-5,11,13H,6-8H2,1H3;1H. The highest BCUT2D eigenvalue weighted by Gasteiger charge is 2.45. The molecule has 1 aliphatic heterocycles. The highest BCUT2D eigenvalue weighted by atomic mass is 35.5. The maximum atomic E-state index is 3.62. The van der Waals surface area contributed by atoms with Crippen LogP contribution in [0, 0.1) is 5.41 Å². The fourth-order valence-electron chi connectivity index (χ4n) is 2.98. The van der Waals surface area contributed by atoms with Crippen molar-refractivity contribution in [2.24, 2.45) is 5.41 Å². The molecular weight excluding hydrogens is 194 g/mol. The SMILES string of the molecule is CC12CCNC1c1ccccc1C2.Cl. The summed E-state index contributed by atoms with van der Waals surface area (Å²) in [5.74, 6) is 0. The molecule has 1 aliphatic carbocycles. The molecule has 76 valence electrons. The predicted octanol–water partition coefficient (Wildman–Crippen LogP) is 2.71. The van der Waals surface area contributed by atoms with Gasteiger partial charge in [0, 0.05) is 6.04 Å². The fourth-order valence-corrected chi connectivity index (χ4v) is 2.98. The van der Waals surface area contributed by atoms with Gasteiger partial charge in [0.05, 0.1) is 0 Å². The first-order valence-corrected chi connectivity index (χ1v) is 5.11. The minimum atomic E-state index is 0. The van der Waals surface area contributed by atoms with Gasteiger partial charge in [-0.05, 0) is 35.9 Å². The highest BCUT2D eigenvalue weighted by molar-refractivity contribution is 5.85. The molecule has 2 atom stereocenters. The van der Waals surface area contributed by atoms with Crippen LogP contribution in [0.5, 0.6) is 0 Å². The first-order valence-electron chi connectivity index (χ1n) is 5.11. The van der Waals surface area contributed by atoms with Gasteiger partial charge in [-0.25, -0.2) is 0 Å². The van der Waals surface area contributed by atoms with E-state index in [1.165, 1.54) is 19.4 Å². The number of benzene rings is 1. The molecule has 1 saturated heterocycles. The number of nitrogens with one attached hydrogen (secondary N) is 1. The lowest BCUT2D eigenvalue weighted by atomic mass is 9.83. The van der Waals surface area contributed by atoms with Crippen LogP contribution >= 0.6 is 12.4 Å². The van der Waals surface area contributed by atoms with Crippen LogP contribution in [-0.4, -0.2) is 6.54 Å². The Hall–Kier alpha value is -0.530. The summed E-state index contributed by atoms with van der Waals surface area (Å²) in [5, 5.41) is 3.62. The van der Waals surface area contributed by atoms with E-state index in [9.17, 15) is 0 Å². The summed E-state index contributed by atoms with van der Waals surface area (Å²) in [6, 6.07) is 9.50. The van der Waals surface area contributed by atoms with E-state index in [0.717, 1.165) is 0 Å². The second kappa shape index (κ2) is 3.25. The van der Waals surface area contributed by atoms with Crippen LogP contribution in [-0.2, 0) is 6.42 Å². The van der Waals surface area contributed by atoms with Crippen LogP contribution < -0.4 is 5.32 Å². The third kappa shape index (κ3) is 1.19. The van der Waals surface area contributed by atoms with Crippen LogP contribution in [0.2, 0.25) is 0 Å². The zero-order chi connectivity index (χ0) is 8.89. The Morgan fingerprint density at radius 3 is 3.00 bits per heavy atom. The van der Waals surface area contributed by atoms with Crippen molar-refractivity contribution in [3.8, 4) is 0 Å². The van der Waals surface area contributed by atoms with Gasteiger partial charge in [0.25, 0.3) is 0 Å². The zero-order valence-electron chi connectivity index (χ0n) is 8.42. The summed E-state index contributed by atoms with van der Waals surface area (Å²) >= 11 is 0. The summed E-state index contributed by atoms with van der Waals surface area (Å²) in [6.07, 6.45) is 2.59. The van der Waals surface area contributed by atoms with Crippen molar-refractivity contribution >= 4 is 12.4 Å². The first-order chi connectivity index (χ1) is 6.30. The Balaban J connectivity index is 0.000000750. The van der Waals surface area contributed by atoms with Crippen LogP contribution in [0.3, 0.4) is 0 Å². The largest absolute Gasteiger partial charge is 0.309 e. The fraction of sp³-hybridized carbons (Fsp3) is 0.500. The Morgan fingerprint density at radius 1 is 1.36 bits per heavy atom. The summed E-state index contributed by atoms with van der Waals surface area (Å²) in [6.45, 7) is 3.60. The third-order valence-corrected chi connectivity index (χ3v) is 3.70. The minimum Gasteiger partial charge on any atom is -0.309 e. The van der Waals surface area contributed by atoms with E-state index in [4.69, 9.17) is 0 Å². The zero-order valence-corrected chi connectivity index (χ0v) is 9.23. The molecule has 1 nitrogen and oxygen atoms in total. The normalized spacial score (nSPS) is 33.4. The van der Waals surface area contributed by atoms with Crippen LogP contribution in [0.15, 0.2) is 24.3 Å². The summed E-state index contributed by atoms with van der Waals surface area (Å²) in [5.41, 5.74) is 3.61. The van der Waals surface area contributed by atoms with Crippen LogP contribution in [0.25, 0.3) is 0 Å². The summed E-state index contributed by atoms with van der Waals surface area (Å²) in [4.78, 5) is 0. The highest BCUT2D eigenvalue weighted by Crippen LogP contribution is 2.50. The van der Waals surface area contributed by atoms with E-state index in [1.54, 1.807) is 11.1 Å². The minimum absolute atomic E-state index is 0. The molecule has 0 saturated carbocycles. The van der Waals surface area contributed by atoms with Crippen molar-refractivity contribution in [3.05, 3.63) is 35.4 Å². The van der Waals surface area contributed by atoms with Crippen molar-refractivity contribution in [1.29, 1.82) is 0 Å². The maximum absolute atomic E-state index is 3.62. The Kier molecular flexibility index (Phi) is 2.32. The number of halogens is 1. The number of rotatable bonds is 0. The molecule has 1 N–H and O–H groups in total. The maximum Gasteiger partial charge on any atom is 0.0380 e. The van der Waals surface area contributed by atoms with E-state index in [-0.39, 0.29) is 12.4 Å². The third-order valence-electron chi connectivity index (χ3n) is 3.70. The second-order valence-electron chi connectivity index (χ2n) is 4.67. The lowest BCUT2D eigenvalue weighted by Crippen LogP contribution is -2.21. The number of hydrogen-bond donors (Lipinski definition) is 1. The van der Waals surface area contributed by atoms with Gasteiger partial charge in [0.1, 0.15) is 0 Å². The number of hydrogen-bond acceptors (Lipinski definition) is 1. The van der Waals surface area contributed by atoms with Gasteiger partial charge in [-0.3, -0.25) is 0 Å². The molecule has 0 spiro atoms. The molecule has 2 heteroatoms. The van der Waals surface area contributed by atoms with E-state index in [2.05, 4.69) is 36.5 Å². The lowest BCUT2D eigenvalue weighted by molar-refractivity contribution is 0.311. The monoisotopic (exact) mass is 209 g/mol. The molecule has 2 unspecified atom stereocenters. The summed E-state index contributed by atoms with van der Waals surface area (Å²) < 4.78 is 0. The average molecular weight is 210 g/mol. The molecular formula is C12H16ClN. The van der Waals surface area contributed by atoms with Crippen molar-refractivity contribution < 1.29 is 0 Å². The second-order valence-corrected chi connectivity index (χ2v) is 4.67. The molecule has 0 radical (unpaired) electrons. The van der Waals surface area contributed by atoms with Gasteiger partial charge in [0.2, 0.25) is 0 Å². The van der Waals surface area contributed by atoms with Crippen molar-refractivity contribution in [1.82, 2.24) is 5.32 Å². The van der Waals surface area contributed by atoms with Gasteiger partial charge in [-0.2, -0.15) is 0 Å². The van der Waals surface area contributed by atoms with E-state index >= 15 is 0 Å². The molecule has 0 bridgehead atoms. The molecule has 3 rings (SSSR count). The Labute approximate surface area is 91.3 Å². The quantitative estimate of drug-likeness (QED) is 0.693. The lowest BCUT2D eigenvalue weighted by Gasteiger charge is -2.22. The summed E-state index contributed by atoms with van der Waals surface area (Å²) in [7, 11) is 0. The van der Waals surface area contributed by atoms with E-state index in [0.29, 0.717) is 11.5 Å². The predicted molar refractivity (Wildman–Crippen MR) is 60.9 cm³/mol. The molecule has 1 fully saturated rings. The average Bonchev–Trinajstić information content (AvgIpc) is 2.58.